The molecule has 0 aliphatic rings. The highest BCUT2D eigenvalue weighted by molar-refractivity contribution is 9.11. The van der Waals surface area contributed by atoms with Gasteiger partial charge in [0.1, 0.15) is 10.6 Å². The average molecular weight is 417 g/mol. The first-order valence-corrected chi connectivity index (χ1v) is 9.41. The smallest absolute Gasteiger partial charge is 0.263 e. The number of carbonyl (C=O) groups is 1. The van der Waals surface area contributed by atoms with Gasteiger partial charge in [0, 0.05) is 12.1 Å². The number of thiazole rings is 1. The molecule has 3 aromatic rings. The maximum atomic E-state index is 12.6. The minimum atomic E-state index is -0.101. The largest absolute Gasteiger partial charge is 0.497 e. The Balaban J connectivity index is 1.65. The highest BCUT2D eigenvalue weighted by atomic mass is 79.9. The summed E-state index contributed by atoms with van der Waals surface area (Å²) in [6, 6.07) is 17.6. The average Bonchev–Trinajstić information content (AvgIpc) is 3.05. The van der Waals surface area contributed by atoms with Gasteiger partial charge in [-0.3, -0.25) is 4.79 Å². The molecule has 4 nitrogen and oxygen atoms in total. The molecule has 0 aliphatic heterocycles. The van der Waals surface area contributed by atoms with E-state index in [1.54, 1.807) is 7.11 Å². The molecule has 6 heteroatoms. The van der Waals surface area contributed by atoms with Crippen LogP contribution in [0.3, 0.4) is 0 Å². The van der Waals surface area contributed by atoms with Crippen LogP contribution in [0.1, 0.15) is 15.2 Å². The van der Waals surface area contributed by atoms with E-state index < -0.39 is 0 Å². The number of hydrogen-bond acceptors (Lipinski definition) is 4. The Bertz CT molecular complexity index is 848. The zero-order chi connectivity index (χ0) is 17.6. The van der Waals surface area contributed by atoms with Gasteiger partial charge in [0.05, 0.1) is 12.8 Å². The van der Waals surface area contributed by atoms with Gasteiger partial charge >= 0.3 is 0 Å². The third kappa shape index (κ3) is 4.46. The van der Waals surface area contributed by atoms with Crippen LogP contribution in [-0.2, 0) is 6.42 Å². The van der Waals surface area contributed by atoms with E-state index in [-0.39, 0.29) is 5.91 Å². The van der Waals surface area contributed by atoms with E-state index in [0.29, 0.717) is 21.0 Å². The molecule has 0 fully saturated rings. The summed E-state index contributed by atoms with van der Waals surface area (Å²) in [7, 11) is 1.65. The Hall–Kier alpha value is -2.18. The lowest BCUT2D eigenvalue weighted by Gasteiger charge is -2.06. The monoisotopic (exact) mass is 416 g/mol. The number of nitrogens with zero attached hydrogens (tertiary/aromatic N) is 1. The van der Waals surface area contributed by atoms with Crippen molar-refractivity contribution in [2.45, 2.75) is 6.42 Å². The first-order chi connectivity index (χ1) is 12.2. The summed E-state index contributed by atoms with van der Waals surface area (Å²) in [5, 5.41) is 2.98. The molecule has 0 unspecified atom stereocenters. The second kappa shape index (κ2) is 8.27. The number of amides is 1. The number of aromatic nitrogens is 1. The minimum Gasteiger partial charge on any atom is -0.497 e. The zero-order valence-electron chi connectivity index (χ0n) is 13.7. The number of halogens is 1. The molecule has 1 amide bonds. The standard InChI is InChI=1S/C19H17BrN2O2S/c1-24-15-9-7-13(8-10-15)11-12-21-18(23)17-16(22-19(20)25-17)14-5-3-2-4-6-14/h2-10H,11-12H2,1H3,(H,21,23). The van der Waals surface area contributed by atoms with Crippen molar-refractivity contribution in [3.05, 3.63) is 69.0 Å². The fourth-order valence-electron chi connectivity index (χ4n) is 2.43. The molecule has 1 heterocycles. The number of rotatable bonds is 6. The molecule has 0 atom stereocenters. The van der Waals surface area contributed by atoms with Crippen LogP contribution in [0.15, 0.2) is 58.5 Å². The van der Waals surface area contributed by atoms with Crippen molar-refractivity contribution in [1.82, 2.24) is 10.3 Å². The van der Waals surface area contributed by atoms with E-state index in [9.17, 15) is 4.79 Å². The molecule has 0 aliphatic carbocycles. The van der Waals surface area contributed by atoms with Crippen molar-refractivity contribution in [3.63, 3.8) is 0 Å². The second-order valence-electron chi connectivity index (χ2n) is 5.36. The molecule has 0 bridgehead atoms. The number of benzene rings is 2. The van der Waals surface area contributed by atoms with Gasteiger partial charge in [-0.2, -0.15) is 0 Å². The van der Waals surface area contributed by atoms with Gasteiger partial charge in [0.2, 0.25) is 0 Å². The maximum absolute atomic E-state index is 12.6. The Labute approximate surface area is 159 Å². The van der Waals surface area contributed by atoms with E-state index in [2.05, 4.69) is 26.2 Å². The molecule has 1 N–H and O–H groups in total. The van der Waals surface area contributed by atoms with E-state index in [1.165, 1.54) is 11.3 Å². The summed E-state index contributed by atoms with van der Waals surface area (Å²) in [5.41, 5.74) is 2.79. The first kappa shape index (κ1) is 17.6. The summed E-state index contributed by atoms with van der Waals surface area (Å²) < 4.78 is 5.85. The summed E-state index contributed by atoms with van der Waals surface area (Å²) in [6.45, 7) is 0.564. The Morgan fingerprint density at radius 2 is 1.88 bits per heavy atom. The molecular formula is C19H17BrN2O2S. The maximum Gasteiger partial charge on any atom is 0.263 e. The molecule has 25 heavy (non-hydrogen) atoms. The number of nitrogens with one attached hydrogen (secondary N) is 1. The van der Waals surface area contributed by atoms with Crippen LogP contribution in [0.4, 0.5) is 0 Å². The van der Waals surface area contributed by atoms with Crippen LogP contribution in [0.2, 0.25) is 0 Å². The second-order valence-corrected chi connectivity index (χ2v) is 7.64. The molecular weight excluding hydrogens is 400 g/mol. The number of carbonyl (C=O) groups excluding carboxylic acids is 1. The first-order valence-electron chi connectivity index (χ1n) is 7.80. The summed E-state index contributed by atoms with van der Waals surface area (Å²) in [4.78, 5) is 17.6. The summed E-state index contributed by atoms with van der Waals surface area (Å²) in [6.07, 6.45) is 0.760. The van der Waals surface area contributed by atoms with Crippen molar-refractivity contribution >= 4 is 33.2 Å². The van der Waals surface area contributed by atoms with E-state index >= 15 is 0 Å². The van der Waals surface area contributed by atoms with Gasteiger partial charge in [0.25, 0.3) is 5.91 Å². The molecule has 0 saturated carbocycles. The van der Waals surface area contributed by atoms with Crippen molar-refractivity contribution in [2.75, 3.05) is 13.7 Å². The third-order valence-electron chi connectivity index (χ3n) is 3.71. The predicted octanol–water partition coefficient (Wildman–Crippen LogP) is 4.55. The van der Waals surface area contributed by atoms with Crippen molar-refractivity contribution in [2.24, 2.45) is 0 Å². The van der Waals surface area contributed by atoms with Crippen LogP contribution >= 0.6 is 27.3 Å². The zero-order valence-corrected chi connectivity index (χ0v) is 16.1. The molecule has 0 spiro atoms. The lowest BCUT2D eigenvalue weighted by atomic mass is 10.1. The quantitative estimate of drug-likeness (QED) is 0.640. The fourth-order valence-corrected chi connectivity index (χ4v) is 3.83. The van der Waals surface area contributed by atoms with Gasteiger partial charge in [0.15, 0.2) is 3.92 Å². The lowest BCUT2D eigenvalue weighted by molar-refractivity contribution is 0.0958. The Morgan fingerprint density at radius 3 is 2.56 bits per heavy atom. The Kier molecular flexibility index (Phi) is 5.83. The van der Waals surface area contributed by atoms with Crippen molar-refractivity contribution < 1.29 is 9.53 Å². The van der Waals surface area contributed by atoms with Gasteiger partial charge in [-0.1, -0.05) is 42.5 Å². The highest BCUT2D eigenvalue weighted by Gasteiger charge is 2.18. The SMILES string of the molecule is COc1ccc(CCNC(=O)c2sc(Br)nc2-c2ccccc2)cc1. The molecule has 0 radical (unpaired) electrons. The highest BCUT2D eigenvalue weighted by Crippen LogP contribution is 2.30. The van der Waals surface area contributed by atoms with Gasteiger partial charge in [-0.15, -0.1) is 11.3 Å². The fraction of sp³-hybridized carbons (Fsp3) is 0.158. The topological polar surface area (TPSA) is 51.2 Å². The number of hydrogen-bond donors (Lipinski definition) is 1. The number of ether oxygens (including phenoxy) is 1. The van der Waals surface area contributed by atoms with E-state index in [1.807, 2.05) is 54.6 Å². The normalized spacial score (nSPS) is 10.5. The Morgan fingerprint density at radius 1 is 1.16 bits per heavy atom. The van der Waals surface area contributed by atoms with Gasteiger partial charge in [-0.05, 0) is 40.0 Å². The van der Waals surface area contributed by atoms with Crippen LogP contribution in [-0.4, -0.2) is 24.5 Å². The molecule has 1 aromatic heterocycles. The molecule has 128 valence electrons. The molecule has 0 saturated heterocycles. The number of methoxy groups -OCH3 is 1. The lowest BCUT2D eigenvalue weighted by Crippen LogP contribution is -2.25. The van der Waals surface area contributed by atoms with Crippen molar-refractivity contribution in [1.29, 1.82) is 0 Å². The molecule has 2 aromatic carbocycles. The third-order valence-corrected chi connectivity index (χ3v) is 5.22. The van der Waals surface area contributed by atoms with Crippen LogP contribution in [0, 0.1) is 0 Å². The minimum absolute atomic E-state index is 0.101. The summed E-state index contributed by atoms with van der Waals surface area (Å²) in [5.74, 6) is 0.727. The van der Waals surface area contributed by atoms with E-state index in [4.69, 9.17) is 4.74 Å². The van der Waals surface area contributed by atoms with Crippen LogP contribution in [0.25, 0.3) is 11.3 Å². The summed E-state index contributed by atoms with van der Waals surface area (Å²) >= 11 is 4.73. The van der Waals surface area contributed by atoms with Crippen LogP contribution in [0.5, 0.6) is 5.75 Å². The van der Waals surface area contributed by atoms with E-state index in [0.717, 1.165) is 23.3 Å². The predicted molar refractivity (Wildman–Crippen MR) is 104 cm³/mol. The van der Waals surface area contributed by atoms with Crippen molar-refractivity contribution in [3.8, 4) is 17.0 Å². The van der Waals surface area contributed by atoms with Crippen LogP contribution < -0.4 is 10.1 Å². The molecule has 3 rings (SSSR count). The van der Waals surface area contributed by atoms with Gasteiger partial charge < -0.3 is 10.1 Å². The van der Waals surface area contributed by atoms with Gasteiger partial charge in [-0.25, -0.2) is 4.98 Å².